The van der Waals surface area contributed by atoms with E-state index in [4.69, 9.17) is 4.98 Å². The summed E-state index contributed by atoms with van der Waals surface area (Å²) in [6.45, 7) is 9.98. The van der Waals surface area contributed by atoms with Crippen molar-refractivity contribution >= 4 is 17.4 Å². The Hall–Kier alpha value is -2.15. The molecule has 0 spiro atoms. The number of anilines is 1. The van der Waals surface area contributed by atoms with E-state index in [9.17, 15) is 4.79 Å². The average Bonchev–Trinajstić information content (AvgIpc) is 3.13. The predicted molar refractivity (Wildman–Crippen MR) is 111 cm³/mol. The Bertz CT molecular complexity index is 831. The van der Waals surface area contributed by atoms with Gasteiger partial charge in [-0.1, -0.05) is 13.8 Å². The van der Waals surface area contributed by atoms with Gasteiger partial charge in [-0.15, -0.1) is 0 Å². The number of hydrogen-bond acceptors (Lipinski definition) is 5. The van der Waals surface area contributed by atoms with E-state index >= 15 is 0 Å². The molecule has 28 heavy (non-hydrogen) atoms. The number of hydrogen-bond donors (Lipinski definition) is 2. The SMILES string of the molecule is Cc1cc(NC2CCN(C(=O)C3CCNCC3)CC2)n2ncc(C(C)C)c2n1. The van der Waals surface area contributed by atoms with Crippen molar-refractivity contribution in [1.82, 2.24) is 24.8 Å². The number of aromatic nitrogens is 3. The fraction of sp³-hybridized carbons (Fsp3) is 0.667. The van der Waals surface area contributed by atoms with E-state index in [2.05, 4.69) is 40.5 Å². The Morgan fingerprint density at radius 2 is 1.93 bits per heavy atom. The second-order valence-electron chi connectivity index (χ2n) is 8.54. The Labute approximate surface area is 166 Å². The van der Waals surface area contributed by atoms with E-state index in [1.807, 2.05) is 17.6 Å². The number of aryl methyl sites for hydroxylation is 1. The van der Waals surface area contributed by atoms with Crippen molar-refractivity contribution in [2.45, 2.75) is 58.4 Å². The maximum absolute atomic E-state index is 12.8. The first-order chi connectivity index (χ1) is 13.5. The van der Waals surface area contributed by atoms with Gasteiger partial charge in [-0.3, -0.25) is 4.79 Å². The van der Waals surface area contributed by atoms with Crippen LogP contribution in [0.5, 0.6) is 0 Å². The maximum atomic E-state index is 12.8. The Morgan fingerprint density at radius 1 is 1.21 bits per heavy atom. The highest BCUT2D eigenvalue weighted by Crippen LogP contribution is 2.25. The van der Waals surface area contributed by atoms with Gasteiger partial charge in [0.25, 0.3) is 0 Å². The molecular formula is C21H32N6O. The van der Waals surface area contributed by atoms with E-state index in [1.54, 1.807) is 0 Å². The number of carbonyl (C=O) groups excluding carboxylic acids is 1. The van der Waals surface area contributed by atoms with Crippen molar-refractivity contribution in [2.24, 2.45) is 5.92 Å². The second kappa shape index (κ2) is 8.07. The molecule has 2 aromatic rings. The summed E-state index contributed by atoms with van der Waals surface area (Å²) < 4.78 is 1.93. The van der Waals surface area contributed by atoms with E-state index in [1.165, 1.54) is 5.56 Å². The third-order valence-electron chi connectivity index (χ3n) is 6.10. The first-order valence-electron chi connectivity index (χ1n) is 10.6. The minimum absolute atomic E-state index is 0.215. The molecule has 4 rings (SSSR count). The lowest BCUT2D eigenvalue weighted by molar-refractivity contribution is -0.137. The zero-order valence-electron chi connectivity index (χ0n) is 17.2. The summed E-state index contributed by atoms with van der Waals surface area (Å²) in [6, 6.07) is 2.42. The summed E-state index contributed by atoms with van der Waals surface area (Å²) in [7, 11) is 0. The smallest absolute Gasteiger partial charge is 0.225 e. The molecule has 2 aromatic heterocycles. The number of likely N-dealkylation sites (tertiary alicyclic amines) is 1. The lowest BCUT2D eigenvalue weighted by atomic mass is 9.95. The normalized spacial score (nSPS) is 19.5. The van der Waals surface area contributed by atoms with E-state index in [-0.39, 0.29) is 5.92 Å². The summed E-state index contributed by atoms with van der Waals surface area (Å²) in [5.74, 6) is 1.96. The van der Waals surface area contributed by atoms with E-state index in [0.717, 1.165) is 69.0 Å². The molecule has 2 saturated heterocycles. The van der Waals surface area contributed by atoms with Crippen molar-refractivity contribution in [3.05, 3.63) is 23.5 Å². The monoisotopic (exact) mass is 384 g/mol. The van der Waals surface area contributed by atoms with Crippen LogP contribution in [0.15, 0.2) is 12.3 Å². The lowest BCUT2D eigenvalue weighted by Gasteiger charge is -2.35. The zero-order valence-corrected chi connectivity index (χ0v) is 17.2. The van der Waals surface area contributed by atoms with Crippen molar-refractivity contribution in [2.75, 3.05) is 31.5 Å². The molecule has 0 unspecified atom stereocenters. The Balaban J connectivity index is 1.42. The number of nitrogens with one attached hydrogen (secondary N) is 2. The van der Waals surface area contributed by atoms with Gasteiger partial charge in [-0.2, -0.15) is 9.61 Å². The first kappa shape index (κ1) is 19.2. The van der Waals surface area contributed by atoms with Crippen LogP contribution in [0.3, 0.4) is 0 Å². The van der Waals surface area contributed by atoms with Gasteiger partial charge < -0.3 is 15.5 Å². The molecule has 7 heteroatoms. The molecule has 2 N–H and O–H groups in total. The molecule has 0 aromatic carbocycles. The van der Waals surface area contributed by atoms with Crippen molar-refractivity contribution in [1.29, 1.82) is 0 Å². The van der Waals surface area contributed by atoms with Gasteiger partial charge in [0.2, 0.25) is 5.91 Å². The Morgan fingerprint density at radius 3 is 2.61 bits per heavy atom. The van der Waals surface area contributed by atoms with Crippen LogP contribution in [0, 0.1) is 12.8 Å². The Kier molecular flexibility index (Phi) is 5.53. The fourth-order valence-electron chi connectivity index (χ4n) is 4.39. The molecule has 0 aliphatic carbocycles. The summed E-state index contributed by atoms with van der Waals surface area (Å²) >= 11 is 0. The van der Waals surface area contributed by atoms with Gasteiger partial charge in [-0.25, -0.2) is 4.98 Å². The minimum Gasteiger partial charge on any atom is -0.367 e. The van der Waals surface area contributed by atoms with Crippen LogP contribution < -0.4 is 10.6 Å². The third-order valence-corrected chi connectivity index (χ3v) is 6.10. The van der Waals surface area contributed by atoms with Gasteiger partial charge in [0.15, 0.2) is 5.65 Å². The predicted octanol–water partition coefficient (Wildman–Crippen LogP) is 2.56. The molecule has 2 aliphatic rings. The highest BCUT2D eigenvalue weighted by molar-refractivity contribution is 5.79. The van der Waals surface area contributed by atoms with Crippen LogP contribution >= 0.6 is 0 Å². The maximum Gasteiger partial charge on any atom is 0.225 e. The van der Waals surface area contributed by atoms with E-state index in [0.29, 0.717) is 17.9 Å². The third kappa shape index (κ3) is 3.85. The molecule has 0 radical (unpaired) electrons. The number of fused-ring (bicyclic) bond motifs is 1. The van der Waals surface area contributed by atoms with Gasteiger partial charge in [0, 0.05) is 42.4 Å². The number of amides is 1. The molecule has 0 atom stereocenters. The van der Waals surface area contributed by atoms with Crippen LogP contribution in [0.1, 0.15) is 56.7 Å². The van der Waals surface area contributed by atoms with E-state index < -0.39 is 0 Å². The van der Waals surface area contributed by atoms with Crippen LogP contribution in [0.25, 0.3) is 5.65 Å². The summed E-state index contributed by atoms with van der Waals surface area (Å²) in [6.07, 6.45) is 5.82. The quantitative estimate of drug-likeness (QED) is 0.847. The number of carbonyl (C=O) groups is 1. The summed E-state index contributed by atoms with van der Waals surface area (Å²) in [4.78, 5) is 19.5. The molecule has 1 amide bonds. The highest BCUT2D eigenvalue weighted by Gasteiger charge is 2.29. The minimum atomic E-state index is 0.215. The molecule has 7 nitrogen and oxygen atoms in total. The van der Waals surface area contributed by atoms with Gasteiger partial charge in [-0.05, 0) is 51.6 Å². The van der Waals surface area contributed by atoms with Crippen LogP contribution in [0.2, 0.25) is 0 Å². The molecule has 2 aliphatic heterocycles. The fourth-order valence-corrected chi connectivity index (χ4v) is 4.39. The van der Waals surface area contributed by atoms with Gasteiger partial charge >= 0.3 is 0 Å². The van der Waals surface area contributed by atoms with Crippen molar-refractivity contribution in [3.8, 4) is 0 Å². The van der Waals surface area contributed by atoms with Crippen molar-refractivity contribution < 1.29 is 4.79 Å². The summed E-state index contributed by atoms with van der Waals surface area (Å²) in [5, 5.41) is 11.6. The lowest BCUT2D eigenvalue weighted by Crippen LogP contribution is -2.46. The van der Waals surface area contributed by atoms with Crippen LogP contribution in [0.4, 0.5) is 5.82 Å². The molecule has 0 saturated carbocycles. The number of nitrogens with zero attached hydrogens (tertiary/aromatic N) is 4. The molecule has 152 valence electrons. The van der Waals surface area contributed by atoms with Gasteiger partial charge in [0.05, 0.1) is 6.20 Å². The second-order valence-corrected chi connectivity index (χ2v) is 8.54. The summed E-state index contributed by atoms with van der Waals surface area (Å²) in [5.41, 5.74) is 3.11. The topological polar surface area (TPSA) is 74.6 Å². The van der Waals surface area contributed by atoms with Gasteiger partial charge in [0.1, 0.15) is 5.82 Å². The highest BCUT2D eigenvalue weighted by atomic mass is 16.2. The average molecular weight is 385 g/mol. The van der Waals surface area contributed by atoms with Crippen LogP contribution in [-0.4, -0.2) is 57.6 Å². The largest absolute Gasteiger partial charge is 0.367 e. The molecule has 0 bridgehead atoms. The molecule has 2 fully saturated rings. The number of rotatable bonds is 4. The first-order valence-corrected chi connectivity index (χ1v) is 10.6. The zero-order chi connectivity index (χ0) is 19.7. The van der Waals surface area contributed by atoms with Crippen LogP contribution in [-0.2, 0) is 4.79 Å². The number of piperidine rings is 2. The standard InChI is InChI=1S/C21H32N6O/c1-14(2)18-13-23-27-19(12-15(3)24-20(18)27)25-17-6-10-26(11-7-17)21(28)16-4-8-22-9-5-16/h12-14,16-17,22,25H,4-11H2,1-3H3. The molecular weight excluding hydrogens is 352 g/mol. The molecule has 4 heterocycles. The van der Waals surface area contributed by atoms with Crippen molar-refractivity contribution in [3.63, 3.8) is 0 Å².